The van der Waals surface area contributed by atoms with Crippen molar-refractivity contribution in [2.45, 2.75) is 24.9 Å². The Balaban J connectivity index is 1.58. The van der Waals surface area contributed by atoms with Crippen LogP contribution in [0.15, 0.2) is 97.1 Å². The van der Waals surface area contributed by atoms with E-state index in [9.17, 15) is 14.4 Å². The van der Waals surface area contributed by atoms with Crippen LogP contribution in [0.4, 0.5) is 5.69 Å². The van der Waals surface area contributed by atoms with Crippen LogP contribution in [0.3, 0.4) is 0 Å². The molecule has 6 nitrogen and oxygen atoms in total. The van der Waals surface area contributed by atoms with Crippen molar-refractivity contribution in [2.75, 3.05) is 19.1 Å². The summed E-state index contributed by atoms with van der Waals surface area (Å²) in [5.74, 6) is -0.756. The average molecular weight is 556 g/mol. The maximum Gasteiger partial charge on any atom is 0.185 e. The molecule has 3 atom stereocenters. The molecule has 2 aliphatic heterocycles. The number of fused-ring (bicyclic) bond motifs is 5. The van der Waals surface area contributed by atoms with Gasteiger partial charge in [0.05, 0.1) is 20.3 Å². The molecule has 1 spiro atoms. The van der Waals surface area contributed by atoms with Crippen molar-refractivity contribution < 1.29 is 23.9 Å². The zero-order chi connectivity index (χ0) is 29.2. The Morgan fingerprint density at radius 3 is 2.12 bits per heavy atom. The third kappa shape index (κ3) is 3.35. The maximum absolute atomic E-state index is 14.8. The minimum atomic E-state index is -1.61. The SMILES string of the molecule is COc1cccc([C@@H]2[C@@H](C(=O)c3ccc(C)cc3)N3c4ccccc4C=C[C@H]3C23C(=O)c2ccccc2C3=O)c1OC. The molecule has 4 aromatic carbocycles. The second kappa shape index (κ2) is 9.55. The highest BCUT2D eigenvalue weighted by atomic mass is 16.5. The number of aryl methyl sites for hydroxylation is 1. The van der Waals surface area contributed by atoms with E-state index < -0.39 is 23.4 Å². The number of para-hydroxylation sites is 2. The first-order valence-electron chi connectivity index (χ1n) is 14.0. The average Bonchev–Trinajstić information content (AvgIpc) is 3.46. The van der Waals surface area contributed by atoms with Crippen molar-refractivity contribution in [3.05, 3.63) is 130 Å². The fourth-order valence-electron chi connectivity index (χ4n) is 7.31. The molecule has 3 aliphatic rings. The van der Waals surface area contributed by atoms with Crippen molar-refractivity contribution >= 4 is 29.1 Å². The molecule has 1 fully saturated rings. The summed E-state index contributed by atoms with van der Waals surface area (Å²) in [6.07, 6.45) is 3.88. The van der Waals surface area contributed by atoms with E-state index in [1.807, 2.05) is 84.6 Å². The highest BCUT2D eigenvalue weighted by Crippen LogP contribution is 2.62. The van der Waals surface area contributed by atoms with E-state index in [-0.39, 0.29) is 17.3 Å². The number of hydrogen-bond acceptors (Lipinski definition) is 6. The van der Waals surface area contributed by atoms with Crippen LogP contribution in [0.2, 0.25) is 0 Å². The van der Waals surface area contributed by atoms with Gasteiger partial charge in [-0.15, -0.1) is 0 Å². The zero-order valence-corrected chi connectivity index (χ0v) is 23.5. The Labute approximate surface area is 244 Å². The molecule has 208 valence electrons. The van der Waals surface area contributed by atoms with Gasteiger partial charge in [-0.1, -0.05) is 96.6 Å². The predicted octanol–water partition coefficient (Wildman–Crippen LogP) is 6.33. The maximum atomic E-state index is 14.8. The Bertz CT molecular complexity index is 1770. The molecule has 0 amide bonds. The minimum absolute atomic E-state index is 0.173. The van der Waals surface area contributed by atoms with E-state index in [0.717, 1.165) is 16.8 Å². The van der Waals surface area contributed by atoms with Crippen LogP contribution in [0.1, 0.15) is 53.7 Å². The van der Waals surface area contributed by atoms with Crippen molar-refractivity contribution in [2.24, 2.45) is 5.41 Å². The highest BCUT2D eigenvalue weighted by molar-refractivity contribution is 6.32. The molecule has 0 saturated carbocycles. The Morgan fingerprint density at radius 1 is 0.786 bits per heavy atom. The lowest BCUT2D eigenvalue weighted by Gasteiger charge is -2.37. The molecule has 0 aromatic heterocycles. The number of carbonyl (C=O) groups excluding carboxylic acids is 3. The monoisotopic (exact) mass is 555 g/mol. The summed E-state index contributed by atoms with van der Waals surface area (Å²) in [5, 5.41) is 0. The van der Waals surface area contributed by atoms with Gasteiger partial charge in [0, 0.05) is 33.9 Å². The van der Waals surface area contributed by atoms with Gasteiger partial charge in [-0.05, 0) is 24.6 Å². The number of rotatable bonds is 5. The number of anilines is 1. The first-order chi connectivity index (χ1) is 20.4. The molecule has 0 radical (unpaired) electrons. The van der Waals surface area contributed by atoms with Crippen LogP contribution < -0.4 is 14.4 Å². The van der Waals surface area contributed by atoms with Gasteiger partial charge in [-0.3, -0.25) is 14.4 Å². The Hall–Kier alpha value is -4.97. The van der Waals surface area contributed by atoms with E-state index in [2.05, 4.69) is 0 Å². The van der Waals surface area contributed by atoms with E-state index in [1.54, 1.807) is 37.4 Å². The topological polar surface area (TPSA) is 72.9 Å². The van der Waals surface area contributed by atoms with Gasteiger partial charge in [-0.25, -0.2) is 0 Å². The summed E-state index contributed by atoms with van der Waals surface area (Å²) in [5.41, 5.74) is 2.98. The van der Waals surface area contributed by atoms with Crippen molar-refractivity contribution in [1.29, 1.82) is 0 Å². The van der Waals surface area contributed by atoms with Gasteiger partial charge in [0.1, 0.15) is 11.5 Å². The Kier molecular flexibility index (Phi) is 5.91. The molecular formula is C36H29NO5. The number of methoxy groups -OCH3 is 2. The fourth-order valence-corrected chi connectivity index (χ4v) is 7.31. The molecule has 42 heavy (non-hydrogen) atoms. The van der Waals surface area contributed by atoms with Crippen molar-refractivity contribution in [1.82, 2.24) is 0 Å². The standard InChI is InChI=1S/C36H29NO5/c1-21-15-17-23(18-16-21)32(38)31-30(26-12-8-14-28(41-2)33(26)42-3)36(34(39)24-10-5-6-11-25(24)35(36)40)29-20-19-22-9-4-7-13-27(22)37(29)31/h4-20,29-31H,1-3H3/t29-,30+,31-/m0/s1. The van der Waals surface area contributed by atoms with E-state index in [4.69, 9.17) is 9.47 Å². The van der Waals surface area contributed by atoms with Gasteiger partial charge in [0.2, 0.25) is 0 Å². The third-order valence-corrected chi connectivity index (χ3v) is 9.09. The van der Waals surface area contributed by atoms with Crippen molar-refractivity contribution in [3.8, 4) is 11.5 Å². The second-order valence-electron chi connectivity index (χ2n) is 11.1. The molecule has 6 heteroatoms. The van der Waals surface area contributed by atoms with Gasteiger partial charge >= 0.3 is 0 Å². The lowest BCUT2D eigenvalue weighted by molar-refractivity contribution is 0.0664. The molecule has 2 heterocycles. The fraction of sp³-hybridized carbons (Fsp3) is 0.194. The van der Waals surface area contributed by atoms with E-state index >= 15 is 0 Å². The van der Waals surface area contributed by atoms with Crippen LogP contribution in [-0.4, -0.2) is 43.7 Å². The van der Waals surface area contributed by atoms with Crippen LogP contribution in [0.5, 0.6) is 11.5 Å². The number of carbonyl (C=O) groups is 3. The van der Waals surface area contributed by atoms with Gasteiger partial charge in [0.25, 0.3) is 0 Å². The molecule has 0 bridgehead atoms. The van der Waals surface area contributed by atoms with E-state index in [1.165, 1.54) is 7.11 Å². The molecule has 1 saturated heterocycles. The smallest absolute Gasteiger partial charge is 0.185 e. The summed E-state index contributed by atoms with van der Waals surface area (Å²) in [6.45, 7) is 1.97. The zero-order valence-electron chi connectivity index (χ0n) is 23.5. The summed E-state index contributed by atoms with van der Waals surface area (Å²) in [4.78, 5) is 46.5. The summed E-state index contributed by atoms with van der Waals surface area (Å²) >= 11 is 0. The molecule has 0 N–H and O–H groups in total. The number of Topliss-reactive ketones (excluding diaryl/α,β-unsaturated/α-hetero) is 3. The van der Waals surface area contributed by atoms with Crippen LogP contribution in [-0.2, 0) is 0 Å². The number of hydrogen-bond donors (Lipinski definition) is 0. The third-order valence-electron chi connectivity index (χ3n) is 9.09. The number of nitrogens with zero attached hydrogens (tertiary/aromatic N) is 1. The van der Waals surface area contributed by atoms with E-state index in [0.29, 0.717) is 33.8 Å². The lowest BCUT2D eigenvalue weighted by atomic mass is 9.64. The molecule has 0 unspecified atom stereocenters. The van der Waals surface area contributed by atoms with Crippen LogP contribution >= 0.6 is 0 Å². The van der Waals surface area contributed by atoms with Crippen LogP contribution in [0.25, 0.3) is 6.08 Å². The second-order valence-corrected chi connectivity index (χ2v) is 11.1. The lowest BCUT2D eigenvalue weighted by Crippen LogP contribution is -2.48. The summed E-state index contributed by atoms with van der Waals surface area (Å²) in [6, 6.07) is 26.0. The van der Waals surface area contributed by atoms with Crippen molar-refractivity contribution in [3.63, 3.8) is 0 Å². The highest BCUT2D eigenvalue weighted by Gasteiger charge is 2.72. The van der Waals surface area contributed by atoms with Gasteiger partial charge in [0.15, 0.2) is 28.8 Å². The number of ketones is 3. The largest absolute Gasteiger partial charge is 0.493 e. The first kappa shape index (κ1) is 26.0. The van der Waals surface area contributed by atoms with Crippen LogP contribution in [0, 0.1) is 12.3 Å². The molecule has 4 aromatic rings. The molecule has 7 rings (SSSR count). The summed E-state index contributed by atoms with van der Waals surface area (Å²) in [7, 11) is 3.08. The Morgan fingerprint density at radius 2 is 1.45 bits per heavy atom. The van der Waals surface area contributed by atoms with Gasteiger partial charge < -0.3 is 14.4 Å². The first-order valence-corrected chi connectivity index (χ1v) is 14.0. The normalized spacial score (nSPS) is 21.2. The minimum Gasteiger partial charge on any atom is -0.493 e. The quantitative estimate of drug-likeness (QED) is 0.212. The molecular weight excluding hydrogens is 526 g/mol. The molecule has 1 aliphatic carbocycles. The number of benzene rings is 4. The number of ether oxygens (including phenoxy) is 2. The summed E-state index contributed by atoms with van der Waals surface area (Å²) < 4.78 is 11.6. The van der Waals surface area contributed by atoms with Gasteiger partial charge in [-0.2, -0.15) is 0 Å². The predicted molar refractivity (Wildman–Crippen MR) is 161 cm³/mol.